The first-order valence-corrected chi connectivity index (χ1v) is 10.8. The second-order valence-electron chi connectivity index (χ2n) is 6.94. The van der Waals surface area contributed by atoms with Crippen LogP contribution in [0.25, 0.3) is 0 Å². The number of hydrogen-bond acceptors (Lipinski definition) is 10. The molecule has 0 aliphatic rings. The van der Waals surface area contributed by atoms with Crippen LogP contribution in [0.5, 0.6) is 5.75 Å². The standard InChI is InChI=1S/C23H31N7O3/c1-31-20-9-5-6-18(16-20)17-26-22-28-21(25-11-13-33-15-14-32-12-10-24)29-23(30-22)27-19-7-3-2-4-8-19/h2-9,16H,10-15,17,24H2,1H3,(H3,25,26,27,28,29,30). The number of hydrogen-bond donors (Lipinski definition) is 4. The van der Waals surface area contributed by atoms with Gasteiger partial charge in [-0.1, -0.05) is 30.3 Å². The second-order valence-corrected chi connectivity index (χ2v) is 6.94. The van der Waals surface area contributed by atoms with Crippen LogP contribution in [0.15, 0.2) is 54.6 Å². The maximum absolute atomic E-state index is 5.54. The van der Waals surface area contributed by atoms with Crippen molar-refractivity contribution in [3.05, 3.63) is 60.2 Å². The van der Waals surface area contributed by atoms with Crippen LogP contribution in [0.1, 0.15) is 5.56 Å². The molecule has 0 saturated carbocycles. The van der Waals surface area contributed by atoms with Gasteiger partial charge >= 0.3 is 0 Å². The van der Waals surface area contributed by atoms with Gasteiger partial charge in [-0.2, -0.15) is 15.0 Å². The van der Waals surface area contributed by atoms with E-state index in [1.165, 1.54) is 0 Å². The van der Waals surface area contributed by atoms with Crippen molar-refractivity contribution in [3.63, 3.8) is 0 Å². The Balaban J connectivity index is 1.60. The van der Waals surface area contributed by atoms with E-state index in [4.69, 9.17) is 19.9 Å². The monoisotopic (exact) mass is 453 g/mol. The van der Waals surface area contributed by atoms with Crippen molar-refractivity contribution in [2.45, 2.75) is 6.54 Å². The molecule has 0 fully saturated rings. The van der Waals surface area contributed by atoms with Gasteiger partial charge in [0.25, 0.3) is 0 Å². The number of anilines is 4. The van der Waals surface area contributed by atoms with Crippen molar-refractivity contribution >= 4 is 23.5 Å². The third-order valence-corrected chi connectivity index (χ3v) is 4.41. The molecule has 5 N–H and O–H groups in total. The summed E-state index contributed by atoms with van der Waals surface area (Å²) in [6.45, 7) is 3.65. The van der Waals surface area contributed by atoms with Crippen molar-refractivity contribution in [1.82, 2.24) is 15.0 Å². The Kier molecular flexibility index (Phi) is 10.1. The lowest BCUT2D eigenvalue weighted by atomic mass is 10.2. The lowest BCUT2D eigenvalue weighted by Gasteiger charge is -2.12. The van der Waals surface area contributed by atoms with E-state index in [-0.39, 0.29) is 0 Å². The first-order chi connectivity index (χ1) is 16.3. The molecule has 3 aromatic rings. The van der Waals surface area contributed by atoms with E-state index in [9.17, 15) is 0 Å². The quantitative estimate of drug-likeness (QED) is 0.255. The molecule has 1 aromatic heterocycles. The van der Waals surface area contributed by atoms with Crippen molar-refractivity contribution in [3.8, 4) is 5.75 Å². The van der Waals surface area contributed by atoms with Gasteiger partial charge in [0.2, 0.25) is 17.8 Å². The van der Waals surface area contributed by atoms with Gasteiger partial charge in [-0.25, -0.2) is 0 Å². The zero-order valence-corrected chi connectivity index (χ0v) is 18.8. The molecule has 0 amide bonds. The number of nitrogens with one attached hydrogen (secondary N) is 3. The maximum atomic E-state index is 5.54. The molecular weight excluding hydrogens is 422 g/mol. The Morgan fingerprint density at radius 2 is 1.52 bits per heavy atom. The summed E-state index contributed by atoms with van der Waals surface area (Å²) in [5.41, 5.74) is 7.32. The minimum Gasteiger partial charge on any atom is -0.497 e. The Morgan fingerprint density at radius 1 is 0.788 bits per heavy atom. The molecule has 0 bridgehead atoms. The Morgan fingerprint density at radius 3 is 2.27 bits per heavy atom. The highest BCUT2D eigenvalue weighted by atomic mass is 16.5. The largest absolute Gasteiger partial charge is 0.497 e. The Labute approximate surface area is 193 Å². The molecule has 0 saturated heterocycles. The Hall–Kier alpha value is -3.47. The van der Waals surface area contributed by atoms with Crippen LogP contribution in [0, 0.1) is 0 Å². The van der Waals surface area contributed by atoms with E-state index in [0.29, 0.717) is 63.9 Å². The number of nitrogens with zero attached hydrogens (tertiary/aromatic N) is 3. The summed E-state index contributed by atoms with van der Waals surface area (Å²) in [7, 11) is 1.65. The molecule has 0 atom stereocenters. The van der Waals surface area contributed by atoms with Gasteiger partial charge in [0.1, 0.15) is 5.75 Å². The van der Waals surface area contributed by atoms with Crippen LogP contribution >= 0.6 is 0 Å². The summed E-state index contributed by atoms with van der Waals surface area (Å²) in [5, 5.41) is 9.65. The number of benzene rings is 2. The molecule has 2 aromatic carbocycles. The van der Waals surface area contributed by atoms with E-state index in [1.54, 1.807) is 7.11 Å². The van der Waals surface area contributed by atoms with Crippen molar-refractivity contribution in [2.24, 2.45) is 5.73 Å². The lowest BCUT2D eigenvalue weighted by molar-refractivity contribution is 0.0547. The number of aromatic nitrogens is 3. The van der Waals surface area contributed by atoms with Gasteiger partial charge in [0.05, 0.1) is 33.5 Å². The van der Waals surface area contributed by atoms with Crippen LogP contribution in [0.3, 0.4) is 0 Å². The average molecular weight is 454 g/mol. The zero-order valence-electron chi connectivity index (χ0n) is 18.8. The summed E-state index contributed by atoms with van der Waals surface area (Å²) in [6.07, 6.45) is 0. The number of methoxy groups -OCH3 is 1. The molecule has 10 nitrogen and oxygen atoms in total. The van der Waals surface area contributed by atoms with Gasteiger partial charge in [-0.15, -0.1) is 0 Å². The van der Waals surface area contributed by atoms with Crippen LogP contribution in [0.2, 0.25) is 0 Å². The van der Waals surface area contributed by atoms with Crippen LogP contribution in [0.4, 0.5) is 23.5 Å². The molecule has 0 spiro atoms. The molecule has 33 heavy (non-hydrogen) atoms. The van der Waals surface area contributed by atoms with E-state index in [2.05, 4.69) is 30.9 Å². The first-order valence-electron chi connectivity index (χ1n) is 10.8. The molecule has 176 valence electrons. The van der Waals surface area contributed by atoms with Crippen molar-refractivity contribution < 1.29 is 14.2 Å². The number of rotatable bonds is 15. The number of para-hydroxylation sites is 1. The van der Waals surface area contributed by atoms with E-state index < -0.39 is 0 Å². The minimum absolute atomic E-state index is 0.433. The highest BCUT2D eigenvalue weighted by molar-refractivity contribution is 5.55. The minimum atomic E-state index is 0.433. The summed E-state index contributed by atoms with van der Waals surface area (Å²) < 4.78 is 16.1. The SMILES string of the molecule is COc1cccc(CNc2nc(NCCOCCOCCN)nc(Nc3ccccc3)n2)c1. The highest BCUT2D eigenvalue weighted by Crippen LogP contribution is 2.17. The van der Waals surface area contributed by atoms with E-state index in [0.717, 1.165) is 17.0 Å². The molecule has 3 rings (SSSR count). The number of ether oxygens (including phenoxy) is 3. The van der Waals surface area contributed by atoms with E-state index in [1.807, 2.05) is 54.6 Å². The molecule has 1 heterocycles. The molecule has 10 heteroatoms. The predicted molar refractivity (Wildman–Crippen MR) is 129 cm³/mol. The normalized spacial score (nSPS) is 10.6. The fourth-order valence-corrected chi connectivity index (χ4v) is 2.84. The van der Waals surface area contributed by atoms with Gasteiger partial charge in [0.15, 0.2) is 0 Å². The van der Waals surface area contributed by atoms with Crippen LogP contribution in [-0.2, 0) is 16.0 Å². The third kappa shape index (κ3) is 8.89. The van der Waals surface area contributed by atoms with Crippen molar-refractivity contribution in [2.75, 3.05) is 62.6 Å². The van der Waals surface area contributed by atoms with E-state index >= 15 is 0 Å². The molecule has 0 radical (unpaired) electrons. The zero-order chi connectivity index (χ0) is 23.1. The summed E-state index contributed by atoms with van der Waals surface area (Å²) in [6, 6.07) is 17.6. The Bertz CT molecular complexity index is 960. The predicted octanol–water partition coefficient (Wildman–Crippen LogP) is 2.64. The van der Waals surface area contributed by atoms with Gasteiger partial charge in [0, 0.05) is 25.3 Å². The summed E-state index contributed by atoms with van der Waals surface area (Å²) in [4.78, 5) is 13.5. The van der Waals surface area contributed by atoms with Gasteiger partial charge < -0.3 is 35.9 Å². The smallest absolute Gasteiger partial charge is 0.233 e. The molecular formula is C23H31N7O3. The molecule has 0 aliphatic carbocycles. The van der Waals surface area contributed by atoms with Gasteiger partial charge in [-0.3, -0.25) is 0 Å². The van der Waals surface area contributed by atoms with Crippen LogP contribution < -0.4 is 26.4 Å². The fraction of sp³-hybridized carbons (Fsp3) is 0.348. The fourth-order valence-electron chi connectivity index (χ4n) is 2.84. The topological polar surface area (TPSA) is 128 Å². The van der Waals surface area contributed by atoms with Gasteiger partial charge in [-0.05, 0) is 29.8 Å². The maximum Gasteiger partial charge on any atom is 0.233 e. The average Bonchev–Trinajstić information content (AvgIpc) is 2.85. The van der Waals surface area contributed by atoms with Crippen molar-refractivity contribution in [1.29, 1.82) is 0 Å². The molecule has 0 unspecified atom stereocenters. The summed E-state index contributed by atoms with van der Waals surface area (Å²) >= 11 is 0. The first kappa shape index (κ1) is 24.2. The number of nitrogens with two attached hydrogens (primary N) is 1. The second kappa shape index (κ2) is 13.8. The van der Waals surface area contributed by atoms with Crippen LogP contribution in [-0.4, -0.2) is 61.6 Å². The summed E-state index contributed by atoms with van der Waals surface area (Å²) in [5.74, 6) is 2.12. The third-order valence-electron chi connectivity index (χ3n) is 4.41. The lowest BCUT2D eigenvalue weighted by Crippen LogP contribution is -2.17. The highest BCUT2D eigenvalue weighted by Gasteiger charge is 2.08. The molecule has 0 aliphatic heterocycles.